The van der Waals surface area contributed by atoms with Gasteiger partial charge in [0.05, 0.1) is 12.0 Å². The Kier molecular flexibility index (Phi) is 6.89. The summed E-state index contributed by atoms with van der Waals surface area (Å²) in [5.41, 5.74) is 2.20. The van der Waals surface area contributed by atoms with Gasteiger partial charge in [-0.05, 0) is 43.3 Å². The average Bonchev–Trinajstić information content (AvgIpc) is 2.63. The van der Waals surface area contributed by atoms with Crippen molar-refractivity contribution in [1.82, 2.24) is 0 Å². The van der Waals surface area contributed by atoms with Crippen molar-refractivity contribution in [3.8, 4) is 5.75 Å². The SMILES string of the molecule is COc1ccc(C[n+]2ccccc2)cc1.Cc1ccc(S(=O)(=O)[O-])cc1. The lowest BCUT2D eigenvalue weighted by Crippen LogP contribution is -2.32. The zero-order valence-electron chi connectivity index (χ0n) is 14.7. The van der Waals surface area contributed by atoms with Crippen LogP contribution in [0, 0.1) is 6.92 Å². The van der Waals surface area contributed by atoms with Gasteiger partial charge in [0.25, 0.3) is 0 Å². The minimum absolute atomic E-state index is 0.178. The minimum atomic E-state index is -4.27. The summed E-state index contributed by atoms with van der Waals surface area (Å²) < 4.78 is 38.4. The second-order valence-electron chi connectivity index (χ2n) is 5.66. The van der Waals surface area contributed by atoms with Gasteiger partial charge < -0.3 is 9.29 Å². The zero-order valence-corrected chi connectivity index (χ0v) is 15.5. The van der Waals surface area contributed by atoms with Crippen LogP contribution in [0.5, 0.6) is 5.75 Å². The van der Waals surface area contributed by atoms with Gasteiger partial charge in [0, 0.05) is 17.7 Å². The third-order valence-electron chi connectivity index (χ3n) is 3.61. The topological polar surface area (TPSA) is 70.3 Å². The molecule has 5 nitrogen and oxygen atoms in total. The Morgan fingerprint density at radius 2 is 1.50 bits per heavy atom. The van der Waals surface area contributed by atoms with Crippen LogP contribution in [-0.4, -0.2) is 20.1 Å². The predicted octanol–water partition coefficient (Wildman–Crippen LogP) is 2.93. The van der Waals surface area contributed by atoms with E-state index < -0.39 is 10.1 Å². The maximum absolute atomic E-state index is 10.4. The van der Waals surface area contributed by atoms with E-state index in [2.05, 4.69) is 29.1 Å². The van der Waals surface area contributed by atoms with Gasteiger partial charge in [0.2, 0.25) is 0 Å². The first-order valence-corrected chi connectivity index (χ1v) is 9.39. The van der Waals surface area contributed by atoms with Gasteiger partial charge in [-0.2, -0.15) is 0 Å². The number of nitrogens with zero attached hydrogens (tertiary/aromatic N) is 1. The molecule has 0 amide bonds. The molecule has 1 aromatic heterocycles. The first kappa shape index (κ1) is 19.6. The lowest BCUT2D eigenvalue weighted by Gasteiger charge is -2.05. The molecule has 0 bridgehead atoms. The number of rotatable bonds is 4. The minimum Gasteiger partial charge on any atom is -0.744 e. The van der Waals surface area contributed by atoms with Gasteiger partial charge >= 0.3 is 0 Å². The molecule has 0 radical (unpaired) electrons. The van der Waals surface area contributed by atoms with Gasteiger partial charge in [0.15, 0.2) is 18.9 Å². The number of aryl methyl sites for hydroxylation is 1. The largest absolute Gasteiger partial charge is 0.744 e. The van der Waals surface area contributed by atoms with Crippen molar-refractivity contribution in [3.63, 3.8) is 0 Å². The summed E-state index contributed by atoms with van der Waals surface area (Å²) in [7, 11) is -2.59. The molecule has 0 fully saturated rings. The Hall–Kier alpha value is -2.70. The van der Waals surface area contributed by atoms with Gasteiger partial charge in [-0.25, -0.2) is 13.0 Å². The van der Waals surface area contributed by atoms with Crippen LogP contribution >= 0.6 is 0 Å². The Bertz CT molecular complexity index is 906. The van der Waals surface area contributed by atoms with Gasteiger partial charge in [-0.15, -0.1) is 0 Å². The maximum atomic E-state index is 10.4. The third-order valence-corrected chi connectivity index (χ3v) is 4.46. The molecular weight excluding hydrogens is 350 g/mol. The molecule has 1 heterocycles. The predicted molar refractivity (Wildman–Crippen MR) is 97.9 cm³/mol. The van der Waals surface area contributed by atoms with Crippen molar-refractivity contribution in [2.75, 3.05) is 7.11 Å². The van der Waals surface area contributed by atoms with E-state index in [0.717, 1.165) is 17.9 Å². The van der Waals surface area contributed by atoms with E-state index in [4.69, 9.17) is 4.74 Å². The maximum Gasteiger partial charge on any atom is 0.173 e. The molecule has 2 aromatic carbocycles. The van der Waals surface area contributed by atoms with Crippen molar-refractivity contribution in [3.05, 3.63) is 90.3 Å². The highest BCUT2D eigenvalue weighted by Gasteiger charge is 2.01. The van der Waals surface area contributed by atoms with Gasteiger partial charge in [-0.1, -0.05) is 23.8 Å². The molecule has 0 spiro atoms. The highest BCUT2D eigenvalue weighted by atomic mass is 32.2. The van der Waals surface area contributed by atoms with Crippen LogP contribution in [0.1, 0.15) is 11.1 Å². The van der Waals surface area contributed by atoms with E-state index in [1.165, 1.54) is 17.7 Å². The number of ether oxygens (including phenoxy) is 1. The van der Waals surface area contributed by atoms with Crippen LogP contribution in [0.15, 0.2) is 84.0 Å². The second kappa shape index (κ2) is 9.12. The number of benzene rings is 2. The van der Waals surface area contributed by atoms with E-state index in [0.29, 0.717) is 0 Å². The first-order chi connectivity index (χ1) is 12.4. The normalized spacial score (nSPS) is 10.6. The van der Waals surface area contributed by atoms with Crippen molar-refractivity contribution in [2.45, 2.75) is 18.4 Å². The molecule has 3 rings (SSSR count). The summed E-state index contributed by atoms with van der Waals surface area (Å²) in [4.78, 5) is -0.178. The molecule has 0 N–H and O–H groups in total. The van der Waals surface area contributed by atoms with Crippen LogP contribution < -0.4 is 9.30 Å². The number of aromatic nitrogens is 1. The molecule has 0 atom stereocenters. The molecule has 136 valence electrons. The van der Waals surface area contributed by atoms with Crippen molar-refractivity contribution < 1.29 is 22.3 Å². The highest BCUT2D eigenvalue weighted by Crippen LogP contribution is 2.10. The van der Waals surface area contributed by atoms with E-state index in [1.54, 1.807) is 19.2 Å². The molecular formula is C20H21NO4S. The van der Waals surface area contributed by atoms with Crippen LogP contribution in [-0.2, 0) is 16.7 Å². The van der Waals surface area contributed by atoms with Crippen LogP contribution in [0.2, 0.25) is 0 Å². The van der Waals surface area contributed by atoms with Gasteiger partial charge in [0.1, 0.15) is 15.9 Å². The molecule has 0 saturated carbocycles. The lowest BCUT2D eigenvalue weighted by atomic mass is 10.2. The van der Waals surface area contributed by atoms with E-state index in [1.807, 2.05) is 37.3 Å². The number of pyridine rings is 1. The zero-order chi connectivity index (χ0) is 19.0. The molecule has 6 heteroatoms. The summed E-state index contributed by atoms with van der Waals surface area (Å²) >= 11 is 0. The Morgan fingerprint density at radius 3 is 2.00 bits per heavy atom. The van der Waals surface area contributed by atoms with Crippen molar-refractivity contribution in [2.24, 2.45) is 0 Å². The van der Waals surface area contributed by atoms with Crippen LogP contribution in [0.3, 0.4) is 0 Å². The Morgan fingerprint density at radius 1 is 0.923 bits per heavy atom. The molecule has 0 saturated heterocycles. The Balaban J connectivity index is 0.000000197. The fourth-order valence-electron chi connectivity index (χ4n) is 2.19. The highest BCUT2D eigenvalue weighted by molar-refractivity contribution is 7.85. The molecule has 3 aromatic rings. The van der Waals surface area contributed by atoms with Crippen molar-refractivity contribution >= 4 is 10.1 Å². The second-order valence-corrected chi connectivity index (χ2v) is 7.04. The fourth-order valence-corrected chi connectivity index (χ4v) is 2.66. The lowest BCUT2D eigenvalue weighted by molar-refractivity contribution is -0.688. The van der Waals surface area contributed by atoms with Crippen molar-refractivity contribution in [1.29, 1.82) is 0 Å². The third kappa shape index (κ3) is 6.31. The molecule has 0 aliphatic carbocycles. The number of hydrogen-bond donors (Lipinski definition) is 0. The summed E-state index contributed by atoms with van der Waals surface area (Å²) in [5, 5.41) is 0. The molecule has 0 unspecified atom stereocenters. The molecule has 26 heavy (non-hydrogen) atoms. The Labute approximate surface area is 154 Å². The fraction of sp³-hybridized carbons (Fsp3) is 0.150. The summed E-state index contributed by atoms with van der Waals surface area (Å²) in [5.74, 6) is 0.900. The summed E-state index contributed by atoms with van der Waals surface area (Å²) in [6, 6.07) is 20.0. The van der Waals surface area contributed by atoms with Crippen LogP contribution in [0.25, 0.3) is 0 Å². The summed E-state index contributed by atoms with van der Waals surface area (Å²) in [6.07, 6.45) is 4.12. The average molecular weight is 371 g/mol. The monoisotopic (exact) mass is 371 g/mol. The molecule has 0 aliphatic rings. The van der Waals surface area contributed by atoms with Gasteiger partial charge in [-0.3, -0.25) is 0 Å². The van der Waals surface area contributed by atoms with E-state index >= 15 is 0 Å². The standard InChI is InChI=1S/C13H14NO.C7H8O3S/c1-15-13-7-5-12(6-8-13)11-14-9-3-2-4-10-14;1-6-2-4-7(5-3-6)11(8,9)10/h2-10H,11H2,1H3;2-5H,1H3,(H,8,9,10)/q+1;/p-1. The summed E-state index contributed by atoms with van der Waals surface area (Å²) in [6.45, 7) is 2.71. The molecule has 0 aliphatic heterocycles. The van der Waals surface area contributed by atoms with Crippen LogP contribution in [0.4, 0.5) is 0 Å². The quantitative estimate of drug-likeness (QED) is 0.522. The number of methoxy groups -OCH3 is 1. The number of hydrogen-bond acceptors (Lipinski definition) is 4. The smallest absolute Gasteiger partial charge is 0.173 e. The van der Waals surface area contributed by atoms with E-state index in [-0.39, 0.29) is 4.90 Å². The first-order valence-electron chi connectivity index (χ1n) is 7.98. The van der Waals surface area contributed by atoms with E-state index in [9.17, 15) is 13.0 Å².